The van der Waals surface area contributed by atoms with E-state index in [0.717, 1.165) is 33.1 Å². The van der Waals surface area contributed by atoms with Gasteiger partial charge in [0, 0.05) is 41.6 Å². The summed E-state index contributed by atoms with van der Waals surface area (Å²) in [7, 11) is 1.36. The van der Waals surface area contributed by atoms with Gasteiger partial charge in [0.1, 0.15) is 11.7 Å². The van der Waals surface area contributed by atoms with Crippen LogP contribution in [0.4, 0.5) is 0 Å². The Morgan fingerprint density at radius 3 is 2.55 bits per heavy atom. The summed E-state index contributed by atoms with van der Waals surface area (Å²) in [6.45, 7) is 0.388. The molecule has 6 nitrogen and oxygen atoms in total. The summed E-state index contributed by atoms with van der Waals surface area (Å²) in [5.41, 5.74) is 4.62. The van der Waals surface area contributed by atoms with Gasteiger partial charge in [0.25, 0.3) is 5.91 Å². The van der Waals surface area contributed by atoms with E-state index < -0.39 is 12.0 Å². The van der Waals surface area contributed by atoms with Crippen LogP contribution in [-0.2, 0) is 28.2 Å². The third-order valence-electron chi connectivity index (χ3n) is 5.88. The van der Waals surface area contributed by atoms with Crippen LogP contribution in [0.5, 0.6) is 0 Å². The second kappa shape index (κ2) is 9.11. The first-order valence-corrected chi connectivity index (χ1v) is 11.7. The van der Waals surface area contributed by atoms with E-state index in [1.54, 1.807) is 16.7 Å². The van der Waals surface area contributed by atoms with Crippen molar-refractivity contribution in [3.8, 4) is 0 Å². The smallest absolute Gasteiger partial charge is 0.328 e. The number of carbonyl (C=O) groups excluding carboxylic acids is 2. The number of thioether (sulfide) groups is 1. The Labute approximate surface area is 196 Å². The van der Waals surface area contributed by atoms with E-state index in [9.17, 15) is 9.59 Å². The van der Waals surface area contributed by atoms with Crippen LogP contribution >= 0.6 is 11.8 Å². The molecule has 0 radical (unpaired) electrons. The molecule has 166 valence electrons. The van der Waals surface area contributed by atoms with Crippen molar-refractivity contribution in [2.75, 3.05) is 7.11 Å². The number of imidazole rings is 1. The summed E-state index contributed by atoms with van der Waals surface area (Å²) >= 11 is 1.67. The standard InChI is InChI=1S/C26H23N3O3S/c1-32-26(31)23-14-19-6-2-3-7-20(19)15-29(23)25(30)18-9-11-22(12-10-18)33-17-21-16-28-13-5-4-8-24(28)27-21/h2-13,16,23H,14-15,17H2,1H3. The van der Waals surface area contributed by atoms with E-state index in [-0.39, 0.29) is 5.91 Å². The van der Waals surface area contributed by atoms with E-state index in [2.05, 4.69) is 4.98 Å². The molecule has 0 saturated carbocycles. The molecule has 1 unspecified atom stereocenters. The van der Waals surface area contributed by atoms with E-state index in [1.165, 1.54) is 7.11 Å². The number of hydrogen-bond donors (Lipinski definition) is 0. The molecule has 0 fully saturated rings. The Hall–Kier alpha value is -3.58. The fourth-order valence-corrected chi connectivity index (χ4v) is 4.94. The highest BCUT2D eigenvalue weighted by molar-refractivity contribution is 7.98. The lowest BCUT2D eigenvalue weighted by Gasteiger charge is -2.35. The lowest BCUT2D eigenvalue weighted by Crippen LogP contribution is -2.49. The monoisotopic (exact) mass is 457 g/mol. The molecule has 0 saturated heterocycles. The van der Waals surface area contributed by atoms with Gasteiger partial charge < -0.3 is 14.0 Å². The molecule has 2 aromatic carbocycles. The first-order valence-electron chi connectivity index (χ1n) is 10.7. The fraction of sp³-hybridized carbons (Fsp3) is 0.192. The number of benzene rings is 2. The zero-order chi connectivity index (χ0) is 22.8. The average molecular weight is 458 g/mol. The van der Waals surface area contributed by atoms with Gasteiger partial charge in [0.2, 0.25) is 0 Å². The van der Waals surface area contributed by atoms with Gasteiger partial charge in [-0.1, -0.05) is 30.3 Å². The number of carbonyl (C=O) groups is 2. The van der Waals surface area contributed by atoms with Crippen LogP contribution < -0.4 is 0 Å². The van der Waals surface area contributed by atoms with Gasteiger partial charge in [0.05, 0.1) is 12.8 Å². The van der Waals surface area contributed by atoms with Gasteiger partial charge in [0.15, 0.2) is 0 Å². The van der Waals surface area contributed by atoms with Crippen molar-refractivity contribution < 1.29 is 14.3 Å². The van der Waals surface area contributed by atoms with Crippen LogP contribution in [-0.4, -0.2) is 39.3 Å². The summed E-state index contributed by atoms with van der Waals surface area (Å²) < 4.78 is 7.00. The maximum Gasteiger partial charge on any atom is 0.328 e. The Balaban J connectivity index is 1.30. The van der Waals surface area contributed by atoms with E-state index in [4.69, 9.17) is 4.74 Å². The van der Waals surface area contributed by atoms with E-state index >= 15 is 0 Å². The van der Waals surface area contributed by atoms with Crippen LogP contribution in [0, 0.1) is 0 Å². The van der Waals surface area contributed by atoms with Crippen LogP contribution in [0.25, 0.3) is 5.65 Å². The topological polar surface area (TPSA) is 63.9 Å². The quantitative estimate of drug-likeness (QED) is 0.329. The predicted octanol–water partition coefficient (Wildman–Crippen LogP) is 4.37. The highest BCUT2D eigenvalue weighted by atomic mass is 32.2. The molecule has 0 aliphatic carbocycles. The van der Waals surface area contributed by atoms with Crippen LogP contribution in [0.15, 0.2) is 84.0 Å². The first-order chi connectivity index (χ1) is 16.1. The molecule has 2 aromatic heterocycles. The number of nitrogens with zero attached hydrogens (tertiary/aromatic N) is 3. The van der Waals surface area contributed by atoms with E-state index in [1.807, 2.05) is 83.5 Å². The van der Waals surface area contributed by atoms with Crippen molar-refractivity contribution in [2.24, 2.45) is 0 Å². The summed E-state index contributed by atoms with van der Waals surface area (Å²) in [5, 5.41) is 0. The van der Waals surface area contributed by atoms with Crippen molar-refractivity contribution in [2.45, 2.75) is 29.7 Å². The molecule has 1 aliphatic rings. The summed E-state index contributed by atoms with van der Waals surface area (Å²) in [6, 6.07) is 20.8. The number of ether oxygens (including phenoxy) is 1. The first kappa shape index (κ1) is 21.3. The van der Waals surface area contributed by atoms with Crippen LogP contribution in [0.2, 0.25) is 0 Å². The number of rotatable bonds is 5. The molecule has 1 atom stereocenters. The minimum Gasteiger partial charge on any atom is -0.467 e. The molecule has 1 amide bonds. The van der Waals surface area contributed by atoms with Crippen molar-refractivity contribution in [3.05, 3.63) is 102 Å². The maximum absolute atomic E-state index is 13.3. The van der Waals surface area contributed by atoms with Crippen molar-refractivity contribution in [1.82, 2.24) is 14.3 Å². The van der Waals surface area contributed by atoms with Crippen molar-refractivity contribution in [1.29, 1.82) is 0 Å². The van der Waals surface area contributed by atoms with Gasteiger partial charge in [-0.05, 0) is 47.5 Å². The van der Waals surface area contributed by atoms with Gasteiger partial charge in [-0.3, -0.25) is 4.79 Å². The normalized spacial score (nSPS) is 15.3. The highest BCUT2D eigenvalue weighted by Crippen LogP contribution is 2.27. The molecule has 1 aliphatic heterocycles. The average Bonchev–Trinajstić information content (AvgIpc) is 3.29. The molecule has 0 N–H and O–H groups in total. The molecule has 3 heterocycles. The SMILES string of the molecule is COC(=O)C1Cc2ccccc2CN1C(=O)c1ccc(SCc2cn3ccccc3n2)cc1. The Morgan fingerprint density at radius 1 is 1.03 bits per heavy atom. The lowest BCUT2D eigenvalue weighted by atomic mass is 9.93. The molecule has 7 heteroatoms. The van der Waals surface area contributed by atoms with Crippen molar-refractivity contribution in [3.63, 3.8) is 0 Å². The molecular weight excluding hydrogens is 434 g/mol. The van der Waals surface area contributed by atoms with Crippen molar-refractivity contribution >= 4 is 29.3 Å². The predicted molar refractivity (Wildman–Crippen MR) is 127 cm³/mol. The molecular formula is C26H23N3O3S. The second-order valence-electron chi connectivity index (χ2n) is 7.96. The number of aromatic nitrogens is 2. The third kappa shape index (κ3) is 4.36. The third-order valence-corrected chi connectivity index (χ3v) is 6.93. The Bertz CT molecular complexity index is 1280. The van der Waals surface area contributed by atoms with E-state index in [0.29, 0.717) is 18.5 Å². The number of hydrogen-bond acceptors (Lipinski definition) is 5. The number of fused-ring (bicyclic) bond motifs is 2. The van der Waals surface area contributed by atoms with Gasteiger partial charge >= 0.3 is 5.97 Å². The van der Waals surface area contributed by atoms with Crippen LogP contribution in [0.3, 0.4) is 0 Å². The van der Waals surface area contributed by atoms with Gasteiger partial charge in [-0.25, -0.2) is 9.78 Å². The largest absolute Gasteiger partial charge is 0.467 e. The molecule has 0 bridgehead atoms. The maximum atomic E-state index is 13.3. The second-order valence-corrected chi connectivity index (χ2v) is 9.01. The lowest BCUT2D eigenvalue weighted by molar-refractivity contribution is -0.146. The van der Waals surface area contributed by atoms with Gasteiger partial charge in [-0.2, -0.15) is 0 Å². The zero-order valence-corrected chi connectivity index (χ0v) is 19.0. The number of esters is 1. The molecule has 33 heavy (non-hydrogen) atoms. The summed E-state index contributed by atoms with van der Waals surface area (Å²) in [6.07, 6.45) is 4.47. The summed E-state index contributed by atoms with van der Waals surface area (Å²) in [5.74, 6) is 0.178. The minimum atomic E-state index is -0.624. The number of methoxy groups -OCH3 is 1. The number of pyridine rings is 1. The molecule has 0 spiro atoms. The Morgan fingerprint density at radius 2 is 1.79 bits per heavy atom. The van der Waals surface area contributed by atoms with Gasteiger partial charge in [-0.15, -0.1) is 11.8 Å². The number of amides is 1. The molecule has 5 rings (SSSR count). The molecule has 4 aromatic rings. The Kier molecular flexibility index (Phi) is 5.88. The minimum absolute atomic E-state index is 0.170. The van der Waals surface area contributed by atoms with Crippen LogP contribution in [0.1, 0.15) is 27.2 Å². The highest BCUT2D eigenvalue weighted by Gasteiger charge is 2.35. The summed E-state index contributed by atoms with van der Waals surface area (Å²) in [4.78, 5) is 33.1. The fourth-order valence-electron chi connectivity index (χ4n) is 4.16. The zero-order valence-electron chi connectivity index (χ0n) is 18.2.